The minimum atomic E-state index is 0.437. The Balaban J connectivity index is 1.68. The first kappa shape index (κ1) is 15.8. The van der Waals surface area contributed by atoms with Gasteiger partial charge in [0.2, 0.25) is 4.96 Å². The Bertz CT molecular complexity index is 754. The van der Waals surface area contributed by atoms with Gasteiger partial charge in [0.15, 0.2) is 10.8 Å². The lowest BCUT2D eigenvalue weighted by molar-refractivity contribution is 0.304. The summed E-state index contributed by atoms with van der Waals surface area (Å²) in [7, 11) is 0. The number of fused-ring (bicyclic) bond motifs is 1. The van der Waals surface area contributed by atoms with E-state index in [-0.39, 0.29) is 0 Å². The first-order valence-electron chi connectivity index (χ1n) is 6.82. The molecule has 22 heavy (non-hydrogen) atoms. The highest BCUT2D eigenvalue weighted by Gasteiger charge is 2.12. The molecule has 8 heteroatoms. The van der Waals surface area contributed by atoms with Crippen molar-refractivity contribution < 1.29 is 4.74 Å². The maximum absolute atomic E-state index is 5.74. The van der Waals surface area contributed by atoms with Crippen LogP contribution in [0.4, 0.5) is 0 Å². The fourth-order valence-corrected chi connectivity index (χ4v) is 3.45. The molecule has 2 aromatic heterocycles. The summed E-state index contributed by atoms with van der Waals surface area (Å²) in [6.07, 6.45) is 0. The molecule has 3 aromatic rings. The molecule has 0 amide bonds. The molecule has 3 rings (SSSR count). The summed E-state index contributed by atoms with van der Waals surface area (Å²) in [6.45, 7) is 4.77. The summed E-state index contributed by atoms with van der Waals surface area (Å²) in [5.41, 5.74) is 0. The number of halogens is 1. The summed E-state index contributed by atoms with van der Waals surface area (Å²) in [6, 6.07) is 7.76. The second-order valence-electron chi connectivity index (χ2n) is 4.91. The average molecular weight is 399 g/mol. The molecule has 5 nitrogen and oxygen atoms in total. The van der Waals surface area contributed by atoms with Crippen molar-refractivity contribution in [2.75, 3.05) is 0 Å². The van der Waals surface area contributed by atoms with E-state index in [9.17, 15) is 0 Å². The SMILES string of the molecule is CC(C)SCc1nnc2sc(COc3ccc(Br)cc3)nn12. The summed E-state index contributed by atoms with van der Waals surface area (Å²) in [5.74, 6) is 2.53. The Kier molecular flexibility index (Phi) is 5.00. The van der Waals surface area contributed by atoms with Crippen LogP contribution in [0, 0.1) is 0 Å². The van der Waals surface area contributed by atoms with Gasteiger partial charge in [-0.05, 0) is 29.5 Å². The quantitative estimate of drug-likeness (QED) is 0.623. The van der Waals surface area contributed by atoms with Gasteiger partial charge in [-0.2, -0.15) is 21.4 Å². The van der Waals surface area contributed by atoms with Gasteiger partial charge in [-0.3, -0.25) is 0 Å². The van der Waals surface area contributed by atoms with Crippen molar-refractivity contribution in [1.29, 1.82) is 0 Å². The first-order chi connectivity index (χ1) is 10.6. The van der Waals surface area contributed by atoms with Crippen molar-refractivity contribution in [3.63, 3.8) is 0 Å². The van der Waals surface area contributed by atoms with Crippen LogP contribution < -0.4 is 4.74 Å². The average Bonchev–Trinajstić information content (AvgIpc) is 3.05. The molecular weight excluding hydrogens is 384 g/mol. The third-order valence-electron chi connectivity index (χ3n) is 2.82. The van der Waals surface area contributed by atoms with E-state index < -0.39 is 0 Å². The lowest BCUT2D eigenvalue weighted by Gasteiger charge is -2.03. The molecule has 0 aliphatic rings. The van der Waals surface area contributed by atoms with Gasteiger partial charge in [-0.1, -0.05) is 41.1 Å². The van der Waals surface area contributed by atoms with Gasteiger partial charge in [-0.15, -0.1) is 10.2 Å². The molecule has 2 heterocycles. The van der Waals surface area contributed by atoms with Crippen molar-refractivity contribution >= 4 is 44.0 Å². The summed E-state index contributed by atoms with van der Waals surface area (Å²) in [4.78, 5) is 0.814. The third kappa shape index (κ3) is 3.80. The van der Waals surface area contributed by atoms with E-state index in [0.29, 0.717) is 11.9 Å². The molecule has 0 N–H and O–H groups in total. The van der Waals surface area contributed by atoms with Crippen LogP contribution in [0.15, 0.2) is 28.7 Å². The predicted octanol–water partition coefficient (Wildman–Crippen LogP) is 4.17. The van der Waals surface area contributed by atoms with Gasteiger partial charge in [0, 0.05) is 4.47 Å². The number of nitrogens with zero attached hydrogens (tertiary/aromatic N) is 4. The van der Waals surface area contributed by atoms with Crippen molar-refractivity contribution in [2.45, 2.75) is 31.5 Å². The van der Waals surface area contributed by atoms with Gasteiger partial charge in [0.1, 0.15) is 12.4 Å². The Morgan fingerprint density at radius 3 is 2.77 bits per heavy atom. The lowest BCUT2D eigenvalue weighted by atomic mass is 10.3. The smallest absolute Gasteiger partial charge is 0.234 e. The van der Waals surface area contributed by atoms with Gasteiger partial charge < -0.3 is 4.74 Å². The molecule has 0 spiro atoms. The monoisotopic (exact) mass is 398 g/mol. The number of benzene rings is 1. The van der Waals surface area contributed by atoms with E-state index in [1.54, 1.807) is 0 Å². The van der Waals surface area contributed by atoms with Gasteiger partial charge >= 0.3 is 0 Å². The zero-order valence-electron chi connectivity index (χ0n) is 12.2. The highest BCUT2D eigenvalue weighted by Crippen LogP contribution is 2.21. The normalized spacial score (nSPS) is 11.5. The highest BCUT2D eigenvalue weighted by molar-refractivity contribution is 9.10. The van der Waals surface area contributed by atoms with E-state index in [2.05, 4.69) is 45.1 Å². The Hall–Kier alpha value is -1.12. The minimum Gasteiger partial charge on any atom is -0.486 e. The molecule has 0 aliphatic carbocycles. The fourth-order valence-electron chi connectivity index (χ4n) is 1.76. The van der Waals surface area contributed by atoms with Crippen LogP contribution in [-0.2, 0) is 12.4 Å². The topological polar surface area (TPSA) is 52.3 Å². The number of hydrogen-bond acceptors (Lipinski definition) is 6. The van der Waals surface area contributed by atoms with E-state index in [1.807, 2.05) is 40.5 Å². The third-order valence-corrected chi connectivity index (χ3v) is 5.31. The van der Waals surface area contributed by atoms with Gasteiger partial charge in [0.25, 0.3) is 0 Å². The molecule has 116 valence electrons. The fraction of sp³-hybridized carbons (Fsp3) is 0.357. The predicted molar refractivity (Wildman–Crippen MR) is 93.6 cm³/mol. The lowest BCUT2D eigenvalue weighted by Crippen LogP contribution is -1.99. The van der Waals surface area contributed by atoms with Crippen LogP contribution in [0.1, 0.15) is 24.7 Å². The molecule has 0 bridgehead atoms. The van der Waals surface area contributed by atoms with Gasteiger partial charge in [0.05, 0.1) is 5.75 Å². The minimum absolute atomic E-state index is 0.437. The first-order valence-corrected chi connectivity index (χ1v) is 9.47. The Labute approximate surface area is 145 Å². The Morgan fingerprint density at radius 2 is 2.05 bits per heavy atom. The molecule has 0 radical (unpaired) electrons. The summed E-state index contributed by atoms with van der Waals surface area (Å²) >= 11 is 6.75. The number of ether oxygens (including phenoxy) is 1. The van der Waals surface area contributed by atoms with E-state index in [1.165, 1.54) is 11.3 Å². The molecule has 0 fully saturated rings. The van der Waals surface area contributed by atoms with Crippen molar-refractivity contribution in [3.8, 4) is 5.75 Å². The molecule has 0 aliphatic heterocycles. The number of thioether (sulfide) groups is 1. The standard InChI is InChI=1S/C14H15BrN4OS2/c1-9(2)21-8-12-16-17-14-19(12)18-13(22-14)7-20-11-5-3-10(15)4-6-11/h3-6,9H,7-8H2,1-2H3. The van der Waals surface area contributed by atoms with Crippen molar-refractivity contribution in [1.82, 2.24) is 19.8 Å². The zero-order chi connectivity index (χ0) is 15.5. The Morgan fingerprint density at radius 1 is 1.27 bits per heavy atom. The highest BCUT2D eigenvalue weighted by atomic mass is 79.9. The molecular formula is C14H15BrN4OS2. The summed E-state index contributed by atoms with van der Waals surface area (Å²) < 4.78 is 8.60. The van der Waals surface area contributed by atoms with E-state index in [4.69, 9.17) is 4.74 Å². The van der Waals surface area contributed by atoms with Gasteiger partial charge in [-0.25, -0.2) is 0 Å². The van der Waals surface area contributed by atoms with Crippen LogP contribution >= 0.6 is 39.0 Å². The molecule has 0 saturated heterocycles. The van der Waals surface area contributed by atoms with Crippen molar-refractivity contribution in [3.05, 3.63) is 39.6 Å². The van der Waals surface area contributed by atoms with E-state index in [0.717, 1.165) is 31.8 Å². The van der Waals surface area contributed by atoms with Crippen LogP contribution in [0.3, 0.4) is 0 Å². The second-order valence-corrected chi connectivity index (χ2v) is 8.43. The number of rotatable bonds is 6. The van der Waals surface area contributed by atoms with E-state index >= 15 is 0 Å². The number of aromatic nitrogens is 4. The van der Waals surface area contributed by atoms with Crippen LogP contribution in [-0.4, -0.2) is 25.1 Å². The molecule has 0 saturated carbocycles. The summed E-state index contributed by atoms with van der Waals surface area (Å²) in [5, 5.41) is 14.4. The van der Waals surface area contributed by atoms with Crippen molar-refractivity contribution in [2.24, 2.45) is 0 Å². The van der Waals surface area contributed by atoms with Crippen LogP contribution in [0.5, 0.6) is 5.75 Å². The maximum atomic E-state index is 5.74. The zero-order valence-corrected chi connectivity index (χ0v) is 15.4. The van der Waals surface area contributed by atoms with Crippen LogP contribution in [0.2, 0.25) is 0 Å². The van der Waals surface area contributed by atoms with Crippen LogP contribution in [0.25, 0.3) is 4.96 Å². The molecule has 0 atom stereocenters. The molecule has 1 aromatic carbocycles. The number of hydrogen-bond donors (Lipinski definition) is 0. The second kappa shape index (κ2) is 6.97. The largest absolute Gasteiger partial charge is 0.486 e. The molecule has 0 unspecified atom stereocenters. The maximum Gasteiger partial charge on any atom is 0.234 e.